The summed E-state index contributed by atoms with van der Waals surface area (Å²) in [4.78, 5) is 16.8. The largest absolute Gasteiger partial charge is 0.497 e. The molecule has 0 aliphatic carbocycles. The molecule has 0 radical (unpaired) electrons. The van der Waals surface area contributed by atoms with E-state index in [4.69, 9.17) is 9.47 Å². The average molecular weight is 313 g/mol. The maximum Gasteiger partial charge on any atom is 0.217 e. The van der Waals surface area contributed by atoms with E-state index in [0.29, 0.717) is 17.1 Å². The van der Waals surface area contributed by atoms with Gasteiger partial charge < -0.3 is 9.47 Å². The first kappa shape index (κ1) is 14.7. The number of hydrogen-bond donors (Lipinski definition) is 1. The number of fused-ring (bicyclic) bond motifs is 2. The van der Waals surface area contributed by atoms with Gasteiger partial charge in [0, 0.05) is 21.9 Å². The van der Waals surface area contributed by atoms with Crippen molar-refractivity contribution >= 4 is 39.5 Å². The highest BCUT2D eigenvalue weighted by molar-refractivity contribution is 7.97. The van der Waals surface area contributed by atoms with Crippen LogP contribution in [0.5, 0.6) is 11.5 Å². The summed E-state index contributed by atoms with van der Waals surface area (Å²) in [5.74, 6) is 1.39. The van der Waals surface area contributed by atoms with Gasteiger partial charge in [-0.05, 0) is 37.3 Å². The summed E-state index contributed by atoms with van der Waals surface area (Å²) >= 11 is 4.07. The van der Waals surface area contributed by atoms with E-state index in [-0.39, 0.29) is 5.12 Å². The topological polar surface area (TPSA) is 48.4 Å². The number of carbonyl (C=O) groups excluding carboxylic acids is 1. The number of aromatic nitrogens is 1. The fourth-order valence-corrected chi connectivity index (χ4v) is 2.97. The Morgan fingerprint density at radius 1 is 1.09 bits per heavy atom. The zero-order valence-electron chi connectivity index (χ0n) is 12.5. The Kier molecular flexibility index (Phi) is 3.66. The summed E-state index contributed by atoms with van der Waals surface area (Å²) in [5, 5.41) is 1.19. The quantitative estimate of drug-likeness (QED) is 0.590. The Hall–Kier alpha value is -2.27. The SMILES string of the molecule is COc1ccc2nc3ccc(OC)c(C)c3c(C(=O)S)c2c1. The molecule has 1 aromatic heterocycles. The van der Waals surface area contributed by atoms with Crippen molar-refractivity contribution in [3.8, 4) is 11.5 Å². The van der Waals surface area contributed by atoms with Gasteiger partial charge in [0.15, 0.2) is 0 Å². The van der Waals surface area contributed by atoms with Crippen molar-refractivity contribution in [2.24, 2.45) is 0 Å². The third-order valence-corrected chi connectivity index (χ3v) is 4.01. The lowest BCUT2D eigenvalue weighted by Crippen LogP contribution is -2.00. The van der Waals surface area contributed by atoms with E-state index in [2.05, 4.69) is 17.6 Å². The second kappa shape index (κ2) is 5.50. The van der Waals surface area contributed by atoms with Crippen LogP contribution in [0.3, 0.4) is 0 Å². The van der Waals surface area contributed by atoms with Crippen LogP contribution in [-0.2, 0) is 0 Å². The summed E-state index contributed by atoms with van der Waals surface area (Å²) in [6, 6.07) is 9.18. The lowest BCUT2D eigenvalue weighted by Gasteiger charge is -2.13. The van der Waals surface area contributed by atoms with Gasteiger partial charge in [-0.25, -0.2) is 4.98 Å². The standard InChI is InChI=1S/C17H15NO3S/c1-9-14(21-3)7-6-13-15(9)16(17(19)22)11-8-10(20-2)4-5-12(11)18-13/h4-8H,1-3H3,(H,19,22). The molecule has 4 nitrogen and oxygen atoms in total. The highest BCUT2D eigenvalue weighted by Crippen LogP contribution is 2.35. The molecular formula is C17H15NO3S. The van der Waals surface area contributed by atoms with Crippen molar-refractivity contribution in [3.05, 3.63) is 41.5 Å². The van der Waals surface area contributed by atoms with Crippen molar-refractivity contribution < 1.29 is 14.3 Å². The van der Waals surface area contributed by atoms with Crippen LogP contribution in [0.25, 0.3) is 21.8 Å². The van der Waals surface area contributed by atoms with Gasteiger partial charge in [0.05, 0.1) is 25.3 Å². The lowest BCUT2D eigenvalue weighted by molar-refractivity contribution is 0.109. The lowest BCUT2D eigenvalue weighted by atomic mass is 9.99. The van der Waals surface area contributed by atoms with Gasteiger partial charge in [0.1, 0.15) is 11.5 Å². The third kappa shape index (κ3) is 2.18. The molecule has 0 atom stereocenters. The first-order valence-corrected chi connectivity index (χ1v) is 7.20. The molecule has 0 aliphatic heterocycles. The number of pyridine rings is 1. The molecule has 0 saturated heterocycles. The number of rotatable bonds is 3. The van der Waals surface area contributed by atoms with Crippen LogP contribution in [0.15, 0.2) is 30.3 Å². The highest BCUT2D eigenvalue weighted by atomic mass is 32.1. The number of hydrogen-bond acceptors (Lipinski definition) is 4. The molecular weight excluding hydrogens is 298 g/mol. The summed E-state index contributed by atoms with van der Waals surface area (Å²) in [6.07, 6.45) is 0. The van der Waals surface area contributed by atoms with Gasteiger partial charge in [-0.2, -0.15) is 0 Å². The van der Waals surface area contributed by atoms with E-state index in [1.54, 1.807) is 14.2 Å². The number of aryl methyl sites for hydroxylation is 1. The molecule has 112 valence electrons. The molecule has 1 heterocycles. The first-order valence-electron chi connectivity index (χ1n) is 6.75. The Balaban J connectivity index is 2.55. The Morgan fingerprint density at radius 2 is 1.82 bits per heavy atom. The second-order valence-corrected chi connectivity index (χ2v) is 5.37. The Bertz CT molecular complexity index is 905. The van der Waals surface area contributed by atoms with Gasteiger partial charge in [0.25, 0.3) is 0 Å². The molecule has 5 heteroatoms. The molecule has 3 aromatic rings. The molecule has 2 aromatic carbocycles. The van der Waals surface area contributed by atoms with Gasteiger partial charge in [-0.1, -0.05) is 0 Å². The van der Waals surface area contributed by atoms with Crippen molar-refractivity contribution in [1.82, 2.24) is 4.98 Å². The molecule has 3 rings (SSSR count). The third-order valence-electron chi connectivity index (χ3n) is 3.79. The van der Waals surface area contributed by atoms with E-state index >= 15 is 0 Å². The van der Waals surface area contributed by atoms with Gasteiger partial charge >= 0.3 is 0 Å². The molecule has 0 unspecified atom stereocenters. The van der Waals surface area contributed by atoms with Crippen molar-refractivity contribution in [3.63, 3.8) is 0 Å². The van der Waals surface area contributed by atoms with E-state index < -0.39 is 0 Å². The number of nitrogens with zero attached hydrogens (tertiary/aromatic N) is 1. The summed E-state index contributed by atoms with van der Waals surface area (Å²) in [5.41, 5.74) is 2.87. The number of thiol groups is 1. The fourth-order valence-electron chi connectivity index (χ4n) is 2.73. The smallest absolute Gasteiger partial charge is 0.217 e. The number of methoxy groups -OCH3 is 2. The van der Waals surface area contributed by atoms with Crippen LogP contribution in [0.4, 0.5) is 0 Å². The van der Waals surface area contributed by atoms with E-state index in [0.717, 1.165) is 27.4 Å². The van der Waals surface area contributed by atoms with Crippen molar-refractivity contribution in [1.29, 1.82) is 0 Å². The summed E-state index contributed by atoms with van der Waals surface area (Å²) in [6.45, 7) is 1.91. The van der Waals surface area contributed by atoms with Gasteiger partial charge in [0.2, 0.25) is 5.12 Å². The molecule has 22 heavy (non-hydrogen) atoms. The summed E-state index contributed by atoms with van der Waals surface area (Å²) in [7, 11) is 3.19. The molecule has 0 spiro atoms. The zero-order chi connectivity index (χ0) is 15.9. The van der Waals surface area contributed by atoms with E-state index in [9.17, 15) is 4.79 Å². The minimum Gasteiger partial charge on any atom is -0.497 e. The molecule has 0 saturated carbocycles. The van der Waals surface area contributed by atoms with Crippen LogP contribution in [-0.4, -0.2) is 24.3 Å². The van der Waals surface area contributed by atoms with Crippen molar-refractivity contribution in [2.45, 2.75) is 6.92 Å². The predicted molar refractivity (Wildman–Crippen MR) is 90.4 cm³/mol. The first-order chi connectivity index (χ1) is 10.6. The Labute approximate surface area is 133 Å². The zero-order valence-corrected chi connectivity index (χ0v) is 13.4. The maximum atomic E-state index is 12.2. The van der Waals surface area contributed by atoms with Crippen LogP contribution in [0.1, 0.15) is 15.9 Å². The van der Waals surface area contributed by atoms with Crippen LogP contribution in [0.2, 0.25) is 0 Å². The molecule has 0 amide bonds. The highest BCUT2D eigenvalue weighted by Gasteiger charge is 2.17. The van der Waals surface area contributed by atoms with Gasteiger partial charge in [-0.15, -0.1) is 12.6 Å². The fraction of sp³-hybridized carbons (Fsp3) is 0.176. The number of carbonyl (C=O) groups is 1. The normalized spacial score (nSPS) is 10.9. The monoisotopic (exact) mass is 313 g/mol. The minimum absolute atomic E-state index is 0.304. The summed E-state index contributed by atoms with van der Waals surface area (Å²) < 4.78 is 10.6. The van der Waals surface area contributed by atoms with Crippen molar-refractivity contribution in [2.75, 3.05) is 14.2 Å². The van der Waals surface area contributed by atoms with E-state index in [1.165, 1.54) is 0 Å². The minimum atomic E-state index is -0.304. The number of ether oxygens (including phenoxy) is 2. The van der Waals surface area contributed by atoms with Crippen LogP contribution in [0, 0.1) is 6.92 Å². The van der Waals surface area contributed by atoms with Crippen LogP contribution >= 0.6 is 12.6 Å². The second-order valence-electron chi connectivity index (χ2n) is 4.96. The molecule has 0 aliphatic rings. The predicted octanol–water partition coefficient (Wildman–Crippen LogP) is 3.78. The van der Waals surface area contributed by atoms with Crippen LogP contribution < -0.4 is 9.47 Å². The van der Waals surface area contributed by atoms with E-state index in [1.807, 2.05) is 37.3 Å². The Morgan fingerprint density at radius 3 is 2.45 bits per heavy atom. The molecule has 0 fully saturated rings. The molecule has 0 bridgehead atoms. The molecule has 0 N–H and O–H groups in total. The average Bonchev–Trinajstić information content (AvgIpc) is 2.52. The number of benzene rings is 2. The van der Waals surface area contributed by atoms with Gasteiger partial charge in [-0.3, -0.25) is 4.79 Å². The maximum absolute atomic E-state index is 12.2.